The number of nitrogens with zero attached hydrogens (tertiary/aromatic N) is 2. The van der Waals surface area contributed by atoms with Gasteiger partial charge in [0.25, 0.3) is 6.01 Å². The molecule has 0 amide bonds. The minimum atomic E-state index is -1.10. The summed E-state index contributed by atoms with van der Waals surface area (Å²) >= 11 is 0. The lowest BCUT2D eigenvalue weighted by atomic mass is 9.97. The molecule has 4 aromatic carbocycles. The van der Waals surface area contributed by atoms with Crippen LogP contribution in [-0.4, -0.2) is 45.6 Å². The number of hydrogen-bond donors (Lipinski definition) is 3. The zero-order valence-electron chi connectivity index (χ0n) is 22.3. The number of carbonyl (C=O) groups is 1. The van der Waals surface area contributed by atoms with Crippen LogP contribution in [0.25, 0.3) is 33.3 Å². The summed E-state index contributed by atoms with van der Waals surface area (Å²) in [7, 11) is 0. The maximum atomic E-state index is 15.6. The number of nitrogens with two attached hydrogens (primary N) is 1. The second-order valence-electron chi connectivity index (χ2n) is 10.4. The molecule has 0 atom stereocenters. The number of ether oxygens (including phenoxy) is 1. The summed E-state index contributed by atoms with van der Waals surface area (Å²) in [6.45, 7) is 5.36. The van der Waals surface area contributed by atoms with E-state index in [4.69, 9.17) is 10.5 Å². The van der Waals surface area contributed by atoms with E-state index in [0.29, 0.717) is 17.0 Å². The fraction of sp³-hybridized carbons (Fsp3) is 0.188. The first kappa shape index (κ1) is 26.6. The number of likely N-dealkylation sites (tertiary alicyclic amines) is 1. The first-order chi connectivity index (χ1) is 19.8. The number of rotatable bonds is 8. The molecule has 1 aliphatic heterocycles. The molecule has 0 bridgehead atoms. The zero-order valence-corrected chi connectivity index (χ0v) is 22.3. The second kappa shape index (κ2) is 10.8. The van der Waals surface area contributed by atoms with Gasteiger partial charge in [-0.1, -0.05) is 54.6 Å². The van der Waals surface area contributed by atoms with E-state index in [0.717, 1.165) is 37.3 Å². The van der Waals surface area contributed by atoms with Crippen LogP contribution < -0.4 is 10.5 Å². The largest absolute Gasteiger partial charge is 0.478 e. The summed E-state index contributed by atoms with van der Waals surface area (Å²) in [5.74, 6) is -1.85. The number of fused-ring (bicyclic) bond motifs is 1. The highest BCUT2D eigenvalue weighted by Gasteiger charge is 2.25. The van der Waals surface area contributed by atoms with E-state index in [9.17, 15) is 9.90 Å². The summed E-state index contributed by atoms with van der Waals surface area (Å²) in [5, 5.41) is 9.35. The van der Waals surface area contributed by atoms with Crippen LogP contribution in [0.2, 0.25) is 0 Å². The van der Waals surface area contributed by atoms with Crippen molar-refractivity contribution < 1.29 is 23.4 Å². The first-order valence-corrected chi connectivity index (χ1v) is 13.3. The third-order valence-electron chi connectivity index (χ3n) is 7.53. The Morgan fingerprint density at radius 1 is 1.02 bits per heavy atom. The van der Waals surface area contributed by atoms with E-state index < -0.39 is 17.6 Å². The van der Waals surface area contributed by atoms with Crippen molar-refractivity contribution >= 4 is 17.0 Å². The maximum absolute atomic E-state index is 15.6. The molecule has 0 radical (unpaired) electrons. The Labute approximate surface area is 235 Å². The normalized spacial score (nSPS) is 13.9. The monoisotopic (exact) mass is 554 g/mol. The minimum Gasteiger partial charge on any atom is -0.478 e. The van der Waals surface area contributed by atoms with E-state index in [1.54, 1.807) is 31.2 Å². The van der Waals surface area contributed by atoms with Crippen molar-refractivity contribution in [1.29, 1.82) is 0 Å². The van der Waals surface area contributed by atoms with Gasteiger partial charge in [0.15, 0.2) is 5.82 Å². The fourth-order valence-corrected chi connectivity index (χ4v) is 5.22. The highest BCUT2D eigenvalue weighted by Crippen LogP contribution is 2.34. The number of aryl methyl sites for hydroxylation is 1. The zero-order chi connectivity index (χ0) is 28.7. The Morgan fingerprint density at radius 3 is 2.34 bits per heavy atom. The van der Waals surface area contributed by atoms with E-state index in [1.807, 2.05) is 12.1 Å². The Kier molecular flexibility index (Phi) is 6.98. The van der Waals surface area contributed by atoms with E-state index >= 15 is 8.78 Å². The van der Waals surface area contributed by atoms with Crippen LogP contribution in [0.15, 0.2) is 72.8 Å². The molecule has 9 heteroatoms. The summed E-state index contributed by atoms with van der Waals surface area (Å²) < 4.78 is 36.4. The number of carboxylic acids is 1. The predicted octanol–water partition coefficient (Wildman–Crippen LogP) is 6.36. The standard InChI is InChI=1S/C32H28F2N4O3/c1-18-2-11-24(12-25(18)31(39)40)41-32-36-27-13-26(33)28(29(34)30(27)37-32)23-9-7-22(8-10-23)21-5-3-19(4-6-21)15-38-16-20(14-35)17-38/h2-13,20H,14-17,35H2,1H3,(H,36,37)(H,39,40). The SMILES string of the molecule is Cc1ccc(Oc2nc3c(F)c(-c4ccc(-c5ccc(CN6CC(CN)C6)cc5)cc4)c(F)cc3[nH]2)cc1C(=O)O. The van der Waals surface area contributed by atoms with Crippen LogP contribution >= 0.6 is 0 Å². The molecule has 7 nitrogen and oxygen atoms in total. The van der Waals surface area contributed by atoms with Gasteiger partial charge in [0.1, 0.15) is 17.1 Å². The predicted molar refractivity (Wildman–Crippen MR) is 153 cm³/mol. The summed E-state index contributed by atoms with van der Waals surface area (Å²) in [4.78, 5) is 20.7. The van der Waals surface area contributed by atoms with Gasteiger partial charge in [-0.05, 0) is 59.3 Å². The van der Waals surface area contributed by atoms with Gasteiger partial charge in [-0.3, -0.25) is 4.90 Å². The molecule has 1 aliphatic rings. The lowest BCUT2D eigenvalue weighted by Crippen LogP contribution is -2.49. The molecule has 4 N–H and O–H groups in total. The second-order valence-corrected chi connectivity index (χ2v) is 10.4. The highest BCUT2D eigenvalue weighted by molar-refractivity contribution is 5.90. The van der Waals surface area contributed by atoms with Crippen molar-refractivity contribution in [3.8, 4) is 34.0 Å². The smallest absolute Gasteiger partial charge is 0.336 e. The summed E-state index contributed by atoms with van der Waals surface area (Å²) in [6, 6.07) is 21.0. The summed E-state index contributed by atoms with van der Waals surface area (Å²) in [5.41, 5.74) is 9.76. The fourth-order valence-electron chi connectivity index (χ4n) is 5.22. The molecule has 0 saturated carbocycles. The number of nitrogens with one attached hydrogen (secondary N) is 1. The average Bonchev–Trinajstić information content (AvgIpc) is 3.34. The molecular formula is C32H28F2N4O3. The number of hydrogen-bond acceptors (Lipinski definition) is 5. The molecule has 1 saturated heterocycles. The molecule has 1 aromatic heterocycles. The quantitative estimate of drug-likeness (QED) is 0.206. The molecule has 208 valence electrons. The first-order valence-electron chi connectivity index (χ1n) is 13.3. The van der Waals surface area contributed by atoms with Gasteiger partial charge in [-0.25, -0.2) is 13.6 Å². The number of aromatic amines is 1. The molecule has 0 aliphatic carbocycles. The van der Waals surface area contributed by atoms with Crippen LogP contribution in [0.1, 0.15) is 21.5 Å². The Hall–Kier alpha value is -4.60. The Morgan fingerprint density at radius 2 is 1.68 bits per heavy atom. The summed E-state index contributed by atoms with van der Waals surface area (Å²) in [6.07, 6.45) is 0. The Balaban J connectivity index is 1.21. The average molecular weight is 555 g/mol. The maximum Gasteiger partial charge on any atom is 0.336 e. The molecule has 0 spiro atoms. The molecule has 41 heavy (non-hydrogen) atoms. The highest BCUT2D eigenvalue weighted by atomic mass is 19.1. The van der Waals surface area contributed by atoms with Crippen LogP contribution in [0.3, 0.4) is 0 Å². The molecule has 5 aromatic rings. The number of halogens is 2. The number of aromatic nitrogens is 2. The number of aromatic carboxylic acids is 1. The van der Waals surface area contributed by atoms with Crippen LogP contribution in [0, 0.1) is 24.5 Å². The van der Waals surface area contributed by atoms with Gasteiger partial charge in [-0.2, -0.15) is 4.98 Å². The van der Waals surface area contributed by atoms with Crippen molar-refractivity contribution in [3.05, 3.63) is 101 Å². The molecule has 2 heterocycles. The van der Waals surface area contributed by atoms with Gasteiger partial charge in [0.05, 0.1) is 16.6 Å². The number of carboxylic acid groups (broad SMARTS) is 1. The number of benzene rings is 4. The van der Waals surface area contributed by atoms with E-state index in [2.05, 4.69) is 39.1 Å². The van der Waals surface area contributed by atoms with Crippen LogP contribution in [0.5, 0.6) is 11.8 Å². The van der Waals surface area contributed by atoms with E-state index in [-0.39, 0.29) is 33.9 Å². The molecule has 0 unspecified atom stereocenters. The van der Waals surface area contributed by atoms with E-state index in [1.165, 1.54) is 17.7 Å². The molecular weight excluding hydrogens is 526 g/mol. The van der Waals surface area contributed by atoms with Crippen molar-refractivity contribution in [1.82, 2.24) is 14.9 Å². The molecule has 6 rings (SSSR count). The topological polar surface area (TPSA) is 104 Å². The van der Waals surface area contributed by atoms with Crippen molar-refractivity contribution in [2.45, 2.75) is 13.5 Å². The lowest BCUT2D eigenvalue weighted by molar-refractivity contribution is 0.0695. The third kappa shape index (κ3) is 5.29. The van der Waals surface area contributed by atoms with Gasteiger partial charge in [0.2, 0.25) is 0 Å². The minimum absolute atomic E-state index is 0.0743. The lowest BCUT2D eigenvalue weighted by Gasteiger charge is -2.38. The van der Waals surface area contributed by atoms with Gasteiger partial charge >= 0.3 is 5.97 Å². The van der Waals surface area contributed by atoms with Crippen molar-refractivity contribution in [2.24, 2.45) is 11.7 Å². The Bertz CT molecular complexity index is 1740. The molecule has 1 fully saturated rings. The van der Waals surface area contributed by atoms with Gasteiger partial charge in [-0.15, -0.1) is 0 Å². The third-order valence-corrected chi connectivity index (χ3v) is 7.53. The van der Waals surface area contributed by atoms with Gasteiger partial charge < -0.3 is 20.6 Å². The van der Waals surface area contributed by atoms with Gasteiger partial charge in [0, 0.05) is 25.7 Å². The van der Waals surface area contributed by atoms with Crippen molar-refractivity contribution in [3.63, 3.8) is 0 Å². The number of imidazole rings is 1. The van der Waals surface area contributed by atoms with Crippen molar-refractivity contribution in [2.75, 3.05) is 19.6 Å². The van der Waals surface area contributed by atoms with Crippen LogP contribution in [0.4, 0.5) is 8.78 Å². The number of H-pyrrole nitrogens is 1. The van der Waals surface area contributed by atoms with Crippen LogP contribution in [-0.2, 0) is 6.54 Å².